The first kappa shape index (κ1) is 17.3. The second-order valence-corrected chi connectivity index (χ2v) is 7.03. The first-order valence-corrected chi connectivity index (χ1v) is 9.56. The summed E-state index contributed by atoms with van der Waals surface area (Å²) in [6.07, 6.45) is 3.83. The zero-order valence-corrected chi connectivity index (χ0v) is 15.8. The van der Waals surface area contributed by atoms with E-state index >= 15 is 0 Å². The van der Waals surface area contributed by atoms with E-state index in [4.69, 9.17) is 0 Å². The lowest BCUT2D eigenvalue weighted by molar-refractivity contribution is 0.101. The quantitative estimate of drug-likeness (QED) is 0.571. The van der Waals surface area contributed by atoms with Crippen molar-refractivity contribution in [2.75, 3.05) is 5.32 Å². The highest BCUT2D eigenvalue weighted by Crippen LogP contribution is 2.25. The fourth-order valence-electron chi connectivity index (χ4n) is 2.75. The fourth-order valence-corrected chi connectivity index (χ4v) is 3.46. The number of aryl methyl sites for hydroxylation is 2. The number of aromatic nitrogens is 5. The van der Waals surface area contributed by atoms with Crippen LogP contribution in [-0.4, -0.2) is 30.5 Å². The number of benzene rings is 1. The van der Waals surface area contributed by atoms with Crippen LogP contribution in [0.3, 0.4) is 0 Å². The van der Waals surface area contributed by atoms with Crippen LogP contribution in [0.2, 0.25) is 0 Å². The van der Waals surface area contributed by atoms with Crippen molar-refractivity contribution in [2.45, 2.75) is 26.7 Å². The molecule has 3 aromatic heterocycles. The minimum absolute atomic E-state index is 0.0671. The van der Waals surface area contributed by atoms with E-state index < -0.39 is 5.91 Å². The molecule has 0 aliphatic rings. The number of hydrogen-bond donors (Lipinski definition) is 1. The first-order chi connectivity index (χ1) is 13.1. The summed E-state index contributed by atoms with van der Waals surface area (Å²) in [5.41, 5.74) is 4.03. The molecule has 0 saturated heterocycles. The highest BCUT2D eigenvalue weighted by atomic mass is 32.1. The van der Waals surface area contributed by atoms with Crippen LogP contribution < -0.4 is 5.32 Å². The van der Waals surface area contributed by atoms with Gasteiger partial charge in [0.25, 0.3) is 11.7 Å². The molecule has 0 aliphatic carbocycles. The predicted octanol–water partition coefficient (Wildman–Crippen LogP) is 3.76. The molecule has 7 nitrogen and oxygen atoms in total. The molecule has 0 atom stereocenters. The first-order valence-electron chi connectivity index (χ1n) is 8.68. The highest BCUT2D eigenvalue weighted by Gasteiger charge is 2.16. The minimum atomic E-state index is -0.404. The van der Waals surface area contributed by atoms with Gasteiger partial charge in [-0.05, 0) is 25.0 Å². The number of hydrogen-bond acceptors (Lipinski definition) is 6. The molecule has 136 valence electrons. The van der Waals surface area contributed by atoms with Gasteiger partial charge in [0.05, 0.1) is 5.69 Å². The molecule has 0 saturated carbocycles. The molecule has 1 aromatic carbocycles. The Labute approximate surface area is 160 Å². The lowest BCUT2D eigenvalue weighted by atomic mass is 10.1. The second kappa shape index (κ2) is 7.24. The summed E-state index contributed by atoms with van der Waals surface area (Å²) in [6, 6.07) is 10.2. The number of anilines is 1. The van der Waals surface area contributed by atoms with Crippen molar-refractivity contribution in [3.63, 3.8) is 0 Å². The van der Waals surface area contributed by atoms with Crippen molar-refractivity contribution in [3.05, 3.63) is 59.0 Å². The Morgan fingerprint density at radius 1 is 1.19 bits per heavy atom. The number of thiazole rings is 1. The summed E-state index contributed by atoms with van der Waals surface area (Å²) in [6.45, 7) is 4.04. The van der Waals surface area contributed by atoms with Crippen molar-refractivity contribution in [1.29, 1.82) is 0 Å². The van der Waals surface area contributed by atoms with Crippen LogP contribution in [-0.2, 0) is 6.42 Å². The van der Waals surface area contributed by atoms with Gasteiger partial charge in [0.15, 0.2) is 5.13 Å². The predicted molar refractivity (Wildman–Crippen MR) is 105 cm³/mol. The van der Waals surface area contributed by atoms with Crippen molar-refractivity contribution in [1.82, 2.24) is 24.6 Å². The van der Waals surface area contributed by atoms with Gasteiger partial charge < -0.3 is 0 Å². The van der Waals surface area contributed by atoms with Crippen LogP contribution >= 0.6 is 11.3 Å². The van der Waals surface area contributed by atoms with E-state index in [0.717, 1.165) is 29.8 Å². The molecule has 27 heavy (non-hydrogen) atoms. The number of rotatable bonds is 5. The fraction of sp³-hybridized carbons (Fsp3) is 0.211. The van der Waals surface area contributed by atoms with Gasteiger partial charge in [0, 0.05) is 22.8 Å². The number of carbonyl (C=O) groups excluding carboxylic acids is 1. The Balaban J connectivity index is 1.51. The molecule has 0 radical (unpaired) electrons. The maximum atomic E-state index is 12.4. The van der Waals surface area contributed by atoms with Gasteiger partial charge in [-0.3, -0.25) is 10.1 Å². The van der Waals surface area contributed by atoms with Gasteiger partial charge in [-0.25, -0.2) is 14.5 Å². The Morgan fingerprint density at radius 2 is 2.00 bits per heavy atom. The number of fused-ring (bicyclic) bond motifs is 1. The Hall–Kier alpha value is -3.13. The zero-order chi connectivity index (χ0) is 18.8. The molecule has 0 aliphatic heterocycles. The van der Waals surface area contributed by atoms with E-state index in [1.165, 1.54) is 16.9 Å². The topological polar surface area (TPSA) is 85.1 Å². The largest absolute Gasteiger partial charge is 0.297 e. The van der Waals surface area contributed by atoms with E-state index in [9.17, 15) is 4.79 Å². The summed E-state index contributed by atoms with van der Waals surface area (Å²) in [5.74, 6) is 0.0590. The summed E-state index contributed by atoms with van der Waals surface area (Å²) < 4.78 is 1.54. The van der Waals surface area contributed by atoms with Crippen LogP contribution in [0, 0.1) is 6.92 Å². The van der Waals surface area contributed by atoms with Gasteiger partial charge in [-0.2, -0.15) is 4.98 Å². The second-order valence-electron chi connectivity index (χ2n) is 6.17. The number of amides is 1. The molecular formula is C19H18N6OS. The van der Waals surface area contributed by atoms with Gasteiger partial charge in [-0.1, -0.05) is 37.6 Å². The maximum Gasteiger partial charge on any atom is 0.297 e. The molecule has 1 amide bonds. The number of nitrogens with one attached hydrogen (secondary N) is 1. The normalized spacial score (nSPS) is 11.0. The molecule has 1 N–H and O–H groups in total. The molecule has 4 rings (SSSR count). The Kier molecular flexibility index (Phi) is 4.64. The number of nitrogens with zero attached hydrogens (tertiary/aromatic N) is 5. The van der Waals surface area contributed by atoms with E-state index in [0.29, 0.717) is 10.9 Å². The average molecular weight is 378 g/mol. The van der Waals surface area contributed by atoms with Crippen molar-refractivity contribution < 1.29 is 4.79 Å². The molecule has 0 spiro atoms. The molecule has 0 bridgehead atoms. The van der Waals surface area contributed by atoms with Gasteiger partial charge in [0.1, 0.15) is 0 Å². The SMILES string of the molecule is CCCc1ccc(-c2csc(NC(=O)c3nc4nccc(C)n4n3)n2)cc1. The maximum absolute atomic E-state index is 12.4. The van der Waals surface area contributed by atoms with Gasteiger partial charge in [0.2, 0.25) is 5.82 Å². The van der Waals surface area contributed by atoms with Crippen LogP contribution in [0.25, 0.3) is 17.0 Å². The minimum Gasteiger partial charge on any atom is -0.295 e. The summed E-state index contributed by atoms with van der Waals surface area (Å²) >= 11 is 1.37. The lowest BCUT2D eigenvalue weighted by Gasteiger charge is -2.01. The smallest absolute Gasteiger partial charge is 0.295 e. The van der Waals surface area contributed by atoms with Crippen LogP contribution in [0.15, 0.2) is 41.9 Å². The van der Waals surface area contributed by atoms with Crippen LogP contribution in [0.4, 0.5) is 5.13 Å². The summed E-state index contributed by atoms with van der Waals surface area (Å²) in [4.78, 5) is 25.2. The number of carbonyl (C=O) groups is 1. The lowest BCUT2D eigenvalue weighted by Crippen LogP contribution is -2.13. The third kappa shape index (κ3) is 3.56. The van der Waals surface area contributed by atoms with Crippen LogP contribution in [0.1, 0.15) is 35.2 Å². The van der Waals surface area contributed by atoms with Gasteiger partial charge in [-0.15, -0.1) is 16.4 Å². The zero-order valence-electron chi connectivity index (χ0n) is 15.0. The summed E-state index contributed by atoms with van der Waals surface area (Å²) in [5, 5.41) is 9.41. The summed E-state index contributed by atoms with van der Waals surface area (Å²) in [7, 11) is 0. The molecular weight excluding hydrogens is 360 g/mol. The molecule has 3 heterocycles. The average Bonchev–Trinajstić information content (AvgIpc) is 3.30. The molecule has 8 heteroatoms. The molecule has 4 aromatic rings. The van der Waals surface area contributed by atoms with Gasteiger partial charge >= 0.3 is 0 Å². The standard InChI is InChI=1S/C19H18N6OS/c1-3-4-13-5-7-14(8-6-13)15-11-27-19(21-15)23-17(26)16-22-18-20-10-9-12(2)25(18)24-16/h5-11H,3-4H2,1-2H3,(H,21,23,26). The van der Waals surface area contributed by atoms with E-state index in [2.05, 4.69) is 56.6 Å². The van der Waals surface area contributed by atoms with Crippen molar-refractivity contribution in [2.24, 2.45) is 0 Å². The third-order valence-electron chi connectivity index (χ3n) is 4.15. The van der Waals surface area contributed by atoms with E-state index in [-0.39, 0.29) is 5.82 Å². The van der Waals surface area contributed by atoms with Crippen LogP contribution in [0.5, 0.6) is 0 Å². The third-order valence-corrected chi connectivity index (χ3v) is 4.90. The molecule has 0 unspecified atom stereocenters. The van der Waals surface area contributed by atoms with E-state index in [1.54, 1.807) is 10.7 Å². The Bertz CT molecular complexity index is 1100. The highest BCUT2D eigenvalue weighted by molar-refractivity contribution is 7.14. The monoisotopic (exact) mass is 378 g/mol. The Morgan fingerprint density at radius 3 is 2.74 bits per heavy atom. The van der Waals surface area contributed by atoms with E-state index in [1.807, 2.05) is 18.4 Å². The molecule has 0 fully saturated rings. The van der Waals surface area contributed by atoms with Crippen molar-refractivity contribution >= 4 is 28.2 Å². The van der Waals surface area contributed by atoms with Crippen molar-refractivity contribution in [3.8, 4) is 11.3 Å².